The van der Waals surface area contributed by atoms with E-state index in [1.54, 1.807) is 13.0 Å². The van der Waals surface area contributed by atoms with E-state index in [1.165, 1.54) is 6.07 Å². The molecule has 0 bridgehead atoms. The molecule has 0 heterocycles. The molecule has 0 aromatic heterocycles. The van der Waals surface area contributed by atoms with E-state index in [4.69, 9.17) is 0 Å². The minimum Gasteiger partial charge on any atom is -0.207 e. The van der Waals surface area contributed by atoms with E-state index in [2.05, 4.69) is 0 Å². The molecule has 0 unspecified atom stereocenters. The maximum atomic E-state index is 13.0. The highest BCUT2D eigenvalue weighted by Gasteiger charge is 2.00. The van der Waals surface area contributed by atoms with E-state index in [9.17, 15) is 4.39 Å². The molecule has 2 aromatic carbocycles. The molecule has 2 aromatic rings. The lowest BCUT2D eigenvalue weighted by Crippen LogP contribution is -1.83. The number of halogens is 1. The third-order valence-corrected chi connectivity index (χ3v) is 2.13. The molecule has 0 spiro atoms. The predicted molar refractivity (Wildman–Crippen MR) is 48.6 cm³/mol. The van der Waals surface area contributed by atoms with Crippen molar-refractivity contribution >= 4 is 10.8 Å². The number of fused-ring (bicyclic) bond motifs is 1. The summed E-state index contributed by atoms with van der Waals surface area (Å²) in [6.45, 7) is 1.80. The van der Waals surface area contributed by atoms with Gasteiger partial charge in [-0.2, -0.15) is 0 Å². The Bertz CT molecular complexity index is 418. The molecule has 0 aliphatic rings. The van der Waals surface area contributed by atoms with Crippen LogP contribution in [0.15, 0.2) is 36.4 Å². The standard InChI is InChI=1S/C11H9F/c1-8-10-5-3-2-4-9(10)6-7-11(8)12/h2-7H,1H3. The summed E-state index contributed by atoms with van der Waals surface area (Å²) >= 11 is 0. The van der Waals surface area contributed by atoms with Crippen molar-refractivity contribution in [3.05, 3.63) is 47.8 Å². The van der Waals surface area contributed by atoms with Gasteiger partial charge in [-0.05, 0) is 29.3 Å². The molecule has 0 aliphatic heterocycles. The monoisotopic (exact) mass is 160 g/mol. The average molecular weight is 160 g/mol. The summed E-state index contributed by atoms with van der Waals surface area (Å²) in [6.07, 6.45) is 0. The second kappa shape index (κ2) is 2.59. The van der Waals surface area contributed by atoms with E-state index in [0.717, 1.165) is 16.3 Å². The number of aryl methyl sites for hydroxylation is 1. The summed E-state index contributed by atoms with van der Waals surface area (Å²) < 4.78 is 13.0. The van der Waals surface area contributed by atoms with Gasteiger partial charge in [0.2, 0.25) is 0 Å². The molecule has 0 aliphatic carbocycles. The molecule has 0 fully saturated rings. The highest BCUT2D eigenvalue weighted by molar-refractivity contribution is 5.85. The van der Waals surface area contributed by atoms with Gasteiger partial charge >= 0.3 is 0 Å². The van der Waals surface area contributed by atoms with E-state index >= 15 is 0 Å². The molecular formula is C11H9F. The van der Waals surface area contributed by atoms with Crippen molar-refractivity contribution in [3.63, 3.8) is 0 Å². The normalized spacial score (nSPS) is 10.5. The van der Waals surface area contributed by atoms with Crippen LogP contribution in [0.2, 0.25) is 0 Å². The first-order valence-electron chi connectivity index (χ1n) is 3.93. The lowest BCUT2D eigenvalue weighted by atomic mass is 10.1. The molecule has 2 rings (SSSR count). The van der Waals surface area contributed by atoms with Crippen LogP contribution in [0.25, 0.3) is 10.8 Å². The van der Waals surface area contributed by atoms with Gasteiger partial charge in [0, 0.05) is 0 Å². The van der Waals surface area contributed by atoms with E-state index in [1.807, 2.05) is 24.3 Å². The molecule has 60 valence electrons. The first-order valence-corrected chi connectivity index (χ1v) is 3.93. The van der Waals surface area contributed by atoms with Crippen molar-refractivity contribution < 1.29 is 4.39 Å². The Hall–Kier alpha value is -1.37. The van der Waals surface area contributed by atoms with E-state index < -0.39 is 0 Å². The van der Waals surface area contributed by atoms with Crippen molar-refractivity contribution in [2.75, 3.05) is 0 Å². The first kappa shape index (κ1) is 7.29. The van der Waals surface area contributed by atoms with Crippen LogP contribution < -0.4 is 0 Å². The molecule has 0 amide bonds. The van der Waals surface area contributed by atoms with Gasteiger partial charge in [-0.25, -0.2) is 4.39 Å². The van der Waals surface area contributed by atoms with Crippen LogP contribution in [-0.4, -0.2) is 0 Å². The molecule has 0 atom stereocenters. The fourth-order valence-electron chi connectivity index (χ4n) is 1.40. The largest absolute Gasteiger partial charge is 0.207 e. The van der Waals surface area contributed by atoms with Crippen molar-refractivity contribution in [1.29, 1.82) is 0 Å². The number of benzene rings is 2. The molecule has 0 saturated carbocycles. The Balaban J connectivity index is 2.91. The summed E-state index contributed by atoms with van der Waals surface area (Å²) in [5.74, 6) is -0.131. The number of hydrogen-bond acceptors (Lipinski definition) is 0. The van der Waals surface area contributed by atoms with Gasteiger partial charge in [0.1, 0.15) is 5.82 Å². The second-order valence-electron chi connectivity index (χ2n) is 2.89. The highest BCUT2D eigenvalue weighted by atomic mass is 19.1. The Labute approximate surface area is 70.6 Å². The minimum atomic E-state index is -0.131. The average Bonchev–Trinajstić information content (AvgIpc) is 2.12. The smallest absolute Gasteiger partial charge is 0.126 e. The minimum absolute atomic E-state index is 0.131. The summed E-state index contributed by atoms with van der Waals surface area (Å²) in [7, 11) is 0. The van der Waals surface area contributed by atoms with Crippen LogP contribution in [-0.2, 0) is 0 Å². The molecule has 0 N–H and O–H groups in total. The molecule has 1 heteroatoms. The van der Waals surface area contributed by atoms with Gasteiger partial charge in [0.05, 0.1) is 0 Å². The predicted octanol–water partition coefficient (Wildman–Crippen LogP) is 3.29. The summed E-state index contributed by atoms with van der Waals surface area (Å²) in [6, 6.07) is 11.1. The first-order chi connectivity index (χ1) is 5.79. The summed E-state index contributed by atoms with van der Waals surface area (Å²) in [5, 5.41) is 2.09. The fourth-order valence-corrected chi connectivity index (χ4v) is 1.40. The SMILES string of the molecule is Cc1c(F)ccc2ccccc12. The van der Waals surface area contributed by atoms with Crippen molar-refractivity contribution in [2.45, 2.75) is 6.92 Å². The van der Waals surface area contributed by atoms with Crippen LogP contribution in [0.3, 0.4) is 0 Å². The molecule has 0 saturated heterocycles. The van der Waals surface area contributed by atoms with Crippen LogP contribution in [0, 0.1) is 12.7 Å². The topological polar surface area (TPSA) is 0 Å². The Morgan fingerprint density at radius 2 is 1.75 bits per heavy atom. The van der Waals surface area contributed by atoms with Crippen molar-refractivity contribution in [1.82, 2.24) is 0 Å². The van der Waals surface area contributed by atoms with Gasteiger partial charge in [-0.15, -0.1) is 0 Å². The van der Waals surface area contributed by atoms with Crippen LogP contribution >= 0.6 is 0 Å². The third-order valence-electron chi connectivity index (χ3n) is 2.13. The number of hydrogen-bond donors (Lipinski definition) is 0. The molecule has 12 heavy (non-hydrogen) atoms. The number of rotatable bonds is 0. The molecule has 0 nitrogen and oxygen atoms in total. The maximum Gasteiger partial charge on any atom is 0.126 e. The Kier molecular flexibility index (Phi) is 1.58. The van der Waals surface area contributed by atoms with Gasteiger partial charge in [0.15, 0.2) is 0 Å². The zero-order valence-corrected chi connectivity index (χ0v) is 6.84. The zero-order chi connectivity index (χ0) is 8.55. The Morgan fingerprint density at radius 3 is 2.58 bits per heavy atom. The maximum absolute atomic E-state index is 13.0. The van der Waals surface area contributed by atoms with Gasteiger partial charge in [-0.1, -0.05) is 30.3 Å². The van der Waals surface area contributed by atoms with Gasteiger partial charge < -0.3 is 0 Å². The van der Waals surface area contributed by atoms with Crippen molar-refractivity contribution in [3.8, 4) is 0 Å². The third kappa shape index (κ3) is 0.981. The molecular weight excluding hydrogens is 151 g/mol. The van der Waals surface area contributed by atoms with Gasteiger partial charge in [-0.3, -0.25) is 0 Å². The second-order valence-corrected chi connectivity index (χ2v) is 2.89. The van der Waals surface area contributed by atoms with Gasteiger partial charge in [0.25, 0.3) is 0 Å². The summed E-state index contributed by atoms with van der Waals surface area (Å²) in [5.41, 5.74) is 0.730. The highest BCUT2D eigenvalue weighted by Crippen LogP contribution is 2.19. The van der Waals surface area contributed by atoms with Crippen LogP contribution in [0.1, 0.15) is 5.56 Å². The van der Waals surface area contributed by atoms with E-state index in [-0.39, 0.29) is 5.82 Å². The summed E-state index contributed by atoms with van der Waals surface area (Å²) in [4.78, 5) is 0. The van der Waals surface area contributed by atoms with E-state index in [0.29, 0.717) is 0 Å². The van der Waals surface area contributed by atoms with Crippen LogP contribution in [0.4, 0.5) is 4.39 Å². The zero-order valence-electron chi connectivity index (χ0n) is 6.84. The van der Waals surface area contributed by atoms with Crippen molar-refractivity contribution in [2.24, 2.45) is 0 Å². The lowest BCUT2D eigenvalue weighted by molar-refractivity contribution is 0.621. The fraction of sp³-hybridized carbons (Fsp3) is 0.0909. The molecule has 0 radical (unpaired) electrons. The quantitative estimate of drug-likeness (QED) is 0.554. The lowest BCUT2D eigenvalue weighted by Gasteiger charge is -2.01. The van der Waals surface area contributed by atoms with Crippen LogP contribution in [0.5, 0.6) is 0 Å². The Morgan fingerprint density at radius 1 is 1.00 bits per heavy atom.